The van der Waals surface area contributed by atoms with Crippen molar-refractivity contribution in [2.75, 3.05) is 0 Å². The van der Waals surface area contributed by atoms with E-state index in [1.165, 1.54) is 6.08 Å². The van der Waals surface area contributed by atoms with Crippen LogP contribution in [0.4, 0.5) is 0 Å². The lowest BCUT2D eigenvalue weighted by Crippen LogP contribution is -1.96. The highest BCUT2D eigenvalue weighted by atomic mass is 16.1. The minimum atomic E-state index is 0.0880. The Morgan fingerprint density at radius 2 is 2.25 bits per heavy atom. The highest BCUT2D eigenvalue weighted by Gasteiger charge is 1.88. The summed E-state index contributed by atoms with van der Waals surface area (Å²) in [4.78, 5) is 10.5. The van der Waals surface area contributed by atoms with Crippen molar-refractivity contribution in [1.82, 2.24) is 0 Å². The SMILES string of the molecule is CCC(=O)C=C(C)N. The second-order valence-corrected chi connectivity index (χ2v) is 1.71. The summed E-state index contributed by atoms with van der Waals surface area (Å²) in [5, 5.41) is 0. The van der Waals surface area contributed by atoms with E-state index < -0.39 is 0 Å². The second-order valence-electron chi connectivity index (χ2n) is 1.71. The Labute approximate surface area is 49.4 Å². The number of hydrogen-bond donors (Lipinski definition) is 1. The molecule has 0 radical (unpaired) electrons. The molecule has 46 valence electrons. The van der Waals surface area contributed by atoms with Crippen LogP contribution < -0.4 is 5.73 Å². The van der Waals surface area contributed by atoms with Crippen LogP contribution in [0.25, 0.3) is 0 Å². The molecule has 0 saturated heterocycles. The smallest absolute Gasteiger partial charge is 0.157 e. The topological polar surface area (TPSA) is 43.1 Å². The first-order chi connectivity index (χ1) is 3.66. The van der Waals surface area contributed by atoms with E-state index in [4.69, 9.17) is 5.73 Å². The first-order valence-electron chi connectivity index (χ1n) is 2.63. The molecule has 0 aromatic heterocycles. The summed E-state index contributed by atoms with van der Waals surface area (Å²) < 4.78 is 0. The molecule has 0 aromatic carbocycles. The number of carbonyl (C=O) groups is 1. The highest BCUT2D eigenvalue weighted by Crippen LogP contribution is 1.85. The molecule has 0 atom stereocenters. The number of hydrogen-bond acceptors (Lipinski definition) is 2. The van der Waals surface area contributed by atoms with Crippen LogP contribution in [0.3, 0.4) is 0 Å². The van der Waals surface area contributed by atoms with Crippen LogP contribution in [-0.4, -0.2) is 5.78 Å². The van der Waals surface area contributed by atoms with Gasteiger partial charge in [0, 0.05) is 12.1 Å². The lowest BCUT2D eigenvalue weighted by Gasteiger charge is -1.86. The quantitative estimate of drug-likeness (QED) is 0.539. The van der Waals surface area contributed by atoms with Crippen LogP contribution in [0.15, 0.2) is 11.8 Å². The van der Waals surface area contributed by atoms with E-state index in [2.05, 4.69) is 0 Å². The van der Waals surface area contributed by atoms with Crippen LogP contribution in [-0.2, 0) is 4.79 Å². The van der Waals surface area contributed by atoms with Crippen molar-refractivity contribution in [1.29, 1.82) is 0 Å². The van der Waals surface area contributed by atoms with Gasteiger partial charge in [-0.25, -0.2) is 0 Å². The summed E-state index contributed by atoms with van der Waals surface area (Å²) >= 11 is 0. The van der Waals surface area contributed by atoms with Crippen molar-refractivity contribution < 1.29 is 4.79 Å². The van der Waals surface area contributed by atoms with Crippen LogP contribution >= 0.6 is 0 Å². The predicted molar refractivity (Wildman–Crippen MR) is 33.2 cm³/mol. The van der Waals surface area contributed by atoms with Gasteiger partial charge >= 0.3 is 0 Å². The second kappa shape index (κ2) is 3.24. The average Bonchev–Trinajstić information content (AvgIpc) is 1.65. The van der Waals surface area contributed by atoms with E-state index >= 15 is 0 Å². The Bertz CT molecular complexity index is 112. The number of ketones is 1. The van der Waals surface area contributed by atoms with Gasteiger partial charge in [0.25, 0.3) is 0 Å². The number of nitrogens with two attached hydrogens (primary N) is 1. The minimum absolute atomic E-state index is 0.0880. The summed E-state index contributed by atoms with van der Waals surface area (Å²) in [7, 11) is 0. The molecule has 0 aliphatic rings. The Balaban J connectivity index is 3.70. The van der Waals surface area contributed by atoms with Crippen LogP contribution in [0.2, 0.25) is 0 Å². The Morgan fingerprint density at radius 1 is 1.75 bits per heavy atom. The van der Waals surface area contributed by atoms with Crippen molar-refractivity contribution in [3.8, 4) is 0 Å². The molecule has 0 heterocycles. The average molecular weight is 113 g/mol. The fraction of sp³-hybridized carbons (Fsp3) is 0.500. The van der Waals surface area contributed by atoms with Gasteiger partial charge in [-0.1, -0.05) is 6.92 Å². The zero-order chi connectivity index (χ0) is 6.57. The number of rotatable bonds is 2. The summed E-state index contributed by atoms with van der Waals surface area (Å²) in [5.74, 6) is 0.0880. The molecule has 0 fully saturated rings. The van der Waals surface area contributed by atoms with E-state index in [-0.39, 0.29) is 5.78 Å². The third-order valence-corrected chi connectivity index (χ3v) is 0.737. The predicted octanol–water partition coefficient (Wildman–Crippen LogP) is 0.828. The highest BCUT2D eigenvalue weighted by molar-refractivity contribution is 5.89. The molecule has 0 rings (SSSR count). The molecular formula is C6H11NO. The lowest BCUT2D eigenvalue weighted by atomic mass is 10.3. The fourth-order valence-electron chi connectivity index (χ4n) is 0.356. The summed E-state index contributed by atoms with van der Waals surface area (Å²) in [6.07, 6.45) is 1.98. The standard InChI is InChI=1S/C6H11NO/c1-3-6(8)4-5(2)7/h4H,3,7H2,1-2H3. The molecule has 0 spiro atoms. The molecular weight excluding hydrogens is 102 g/mol. The Hall–Kier alpha value is -0.790. The molecule has 0 aliphatic carbocycles. The monoisotopic (exact) mass is 113 g/mol. The van der Waals surface area contributed by atoms with E-state index in [0.717, 1.165) is 0 Å². The maximum atomic E-state index is 10.5. The van der Waals surface area contributed by atoms with Crippen molar-refractivity contribution in [3.05, 3.63) is 11.8 Å². The maximum Gasteiger partial charge on any atom is 0.157 e. The Kier molecular flexibility index (Phi) is 2.92. The van der Waals surface area contributed by atoms with Gasteiger partial charge in [0.05, 0.1) is 0 Å². The van der Waals surface area contributed by atoms with Crippen molar-refractivity contribution in [2.24, 2.45) is 5.73 Å². The molecule has 2 N–H and O–H groups in total. The molecule has 0 aliphatic heterocycles. The van der Waals surface area contributed by atoms with Crippen LogP contribution in [0, 0.1) is 0 Å². The molecule has 0 aromatic rings. The summed E-state index contributed by atoms with van der Waals surface area (Å²) in [6, 6.07) is 0. The molecule has 0 unspecified atom stereocenters. The van der Waals surface area contributed by atoms with Crippen LogP contribution in [0.5, 0.6) is 0 Å². The van der Waals surface area contributed by atoms with E-state index in [0.29, 0.717) is 12.1 Å². The van der Waals surface area contributed by atoms with Gasteiger partial charge in [-0.3, -0.25) is 4.79 Å². The number of allylic oxidation sites excluding steroid dienone is 2. The number of carbonyl (C=O) groups excluding carboxylic acids is 1. The molecule has 0 amide bonds. The van der Waals surface area contributed by atoms with Crippen molar-refractivity contribution in [2.45, 2.75) is 20.3 Å². The first-order valence-corrected chi connectivity index (χ1v) is 2.63. The molecule has 2 heteroatoms. The van der Waals surface area contributed by atoms with Crippen molar-refractivity contribution in [3.63, 3.8) is 0 Å². The normalized spacial score (nSPS) is 11.5. The lowest BCUT2D eigenvalue weighted by molar-refractivity contribution is -0.114. The van der Waals surface area contributed by atoms with Gasteiger partial charge < -0.3 is 5.73 Å². The van der Waals surface area contributed by atoms with Gasteiger partial charge in [0.1, 0.15) is 0 Å². The minimum Gasteiger partial charge on any atom is -0.402 e. The molecule has 0 saturated carbocycles. The van der Waals surface area contributed by atoms with E-state index in [9.17, 15) is 4.79 Å². The zero-order valence-corrected chi connectivity index (χ0v) is 5.27. The largest absolute Gasteiger partial charge is 0.402 e. The third-order valence-electron chi connectivity index (χ3n) is 0.737. The van der Waals surface area contributed by atoms with E-state index in [1.807, 2.05) is 6.92 Å². The van der Waals surface area contributed by atoms with Gasteiger partial charge in [0.15, 0.2) is 5.78 Å². The van der Waals surface area contributed by atoms with Crippen LogP contribution in [0.1, 0.15) is 20.3 Å². The third kappa shape index (κ3) is 3.40. The molecule has 2 nitrogen and oxygen atoms in total. The van der Waals surface area contributed by atoms with Gasteiger partial charge in [-0.15, -0.1) is 0 Å². The first kappa shape index (κ1) is 7.21. The van der Waals surface area contributed by atoms with Crippen molar-refractivity contribution >= 4 is 5.78 Å². The summed E-state index contributed by atoms with van der Waals surface area (Å²) in [5.41, 5.74) is 5.79. The Morgan fingerprint density at radius 3 is 2.38 bits per heavy atom. The maximum absolute atomic E-state index is 10.5. The van der Waals surface area contributed by atoms with Gasteiger partial charge in [-0.05, 0) is 13.0 Å². The fourth-order valence-corrected chi connectivity index (χ4v) is 0.356. The van der Waals surface area contributed by atoms with E-state index in [1.54, 1.807) is 6.92 Å². The van der Waals surface area contributed by atoms with Gasteiger partial charge in [-0.2, -0.15) is 0 Å². The van der Waals surface area contributed by atoms with Gasteiger partial charge in [0.2, 0.25) is 0 Å². The summed E-state index contributed by atoms with van der Waals surface area (Å²) in [6.45, 7) is 3.51. The molecule has 8 heavy (non-hydrogen) atoms. The zero-order valence-electron chi connectivity index (χ0n) is 5.27. The molecule has 0 bridgehead atoms.